The van der Waals surface area contributed by atoms with Gasteiger partial charge in [0.1, 0.15) is 0 Å². The zero-order valence-corrected chi connectivity index (χ0v) is 67.9. The number of halogens is 12. The van der Waals surface area contributed by atoms with Gasteiger partial charge in [0, 0.05) is 36.8 Å². The summed E-state index contributed by atoms with van der Waals surface area (Å²) in [6, 6.07) is 48.2. The fourth-order valence-corrected chi connectivity index (χ4v) is 13.1. The van der Waals surface area contributed by atoms with E-state index in [0.717, 1.165) is 89.0 Å². The van der Waals surface area contributed by atoms with Gasteiger partial charge in [-0.1, -0.05) is 123 Å². The third-order valence-electron chi connectivity index (χ3n) is 17.3. The molecule has 0 amide bonds. The van der Waals surface area contributed by atoms with E-state index in [1.54, 1.807) is 30.3 Å². The fourth-order valence-electron chi connectivity index (χ4n) is 12.0. The molecular formula is C82H82Br2F10N2O22. The number of rotatable bonds is 28. The molecular weight excluding hydrogens is 1710 g/mol. The number of nitrogens with one attached hydrogen (secondary N) is 1. The van der Waals surface area contributed by atoms with Crippen LogP contribution in [0, 0.1) is 0 Å². The number of benzene rings is 9. The second kappa shape index (κ2) is 47.1. The van der Waals surface area contributed by atoms with E-state index in [-0.39, 0.29) is 81.5 Å². The molecule has 4 N–H and O–H groups in total. The lowest BCUT2D eigenvalue weighted by molar-refractivity contribution is -0.0519. The molecule has 0 aromatic heterocycles. The summed E-state index contributed by atoms with van der Waals surface area (Å²) in [7, 11) is 12.7. The molecule has 24 nitrogen and oxygen atoms in total. The number of esters is 4. The number of hydrogen-bond donors (Lipinski definition) is 4. The van der Waals surface area contributed by atoms with Gasteiger partial charge in [-0.3, -0.25) is 4.90 Å². The molecule has 2 aliphatic rings. The predicted octanol–water partition coefficient (Wildman–Crippen LogP) is 16.7. The zero-order valence-electron chi connectivity index (χ0n) is 64.7. The molecule has 636 valence electrons. The number of aliphatic hydroxyl groups excluding tert-OH is 2. The number of fused-ring (bicyclic) bond motifs is 2. The molecule has 0 bridgehead atoms. The van der Waals surface area contributed by atoms with Crippen molar-refractivity contribution >= 4 is 55.7 Å². The minimum atomic E-state index is -3.11. The van der Waals surface area contributed by atoms with Crippen molar-refractivity contribution in [1.82, 2.24) is 10.2 Å². The molecule has 36 heteroatoms. The van der Waals surface area contributed by atoms with Crippen LogP contribution in [0.1, 0.15) is 103 Å². The highest BCUT2D eigenvalue weighted by Crippen LogP contribution is 2.48. The molecule has 2 aliphatic heterocycles. The van der Waals surface area contributed by atoms with E-state index >= 15 is 0 Å². The highest BCUT2D eigenvalue weighted by molar-refractivity contribution is 9.09. The molecule has 11 rings (SSSR count). The van der Waals surface area contributed by atoms with Crippen molar-refractivity contribution in [3.63, 3.8) is 0 Å². The van der Waals surface area contributed by atoms with Crippen molar-refractivity contribution in [1.29, 1.82) is 0 Å². The van der Waals surface area contributed by atoms with Crippen LogP contribution in [0.25, 0.3) is 0 Å². The molecule has 0 saturated heterocycles. The summed E-state index contributed by atoms with van der Waals surface area (Å²) >= 11 is 6.61. The summed E-state index contributed by atoms with van der Waals surface area (Å²) in [6.45, 7) is -12.8. The Morgan fingerprint density at radius 3 is 0.915 bits per heavy atom. The van der Waals surface area contributed by atoms with Crippen LogP contribution in [0.4, 0.5) is 43.9 Å². The first-order chi connectivity index (χ1) is 56.5. The first-order valence-electron chi connectivity index (χ1n) is 34.5. The van der Waals surface area contributed by atoms with E-state index in [1.165, 1.54) is 75.1 Å². The van der Waals surface area contributed by atoms with E-state index in [9.17, 15) is 68.2 Å². The maximum Gasteiger partial charge on any atom is 0.387 e. The Bertz CT molecular complexity index is 4590. The first kappa shape index (κ1) is 95.4. The van der Waals surface area contributed by atoms with E-state index in [2.05, 4.69) is 153 Å². The molecule has 9 aromatic rings. The van der Waals surface area contributed by atoms with Gasteiger partial charge in [-0.25, -0.2) is 19.2 Å². The monoisotopic (exact) mass is 1790 g/mol. The molecule has 2 heterocycles. The molecule has 0 saturated carbocycles. The van der Waals surface area contributed by atoms with E-state index in [1.807, 2.05) is 24.3 Å². The summed E-state index contributed by atoms with van der Waals surface area (Å²) in [4.78, 5) is 48.4. The van der Waals surface area contributed by atoms with E-state index in [4.69, 9.17) is 43.4 Å². The number of phenols is 1. The molecule has 0 spiro atoms. The molecule has 0 atom stereocenters. The smallest absolute Gasteiger partial charge is 0.387 e. The summed E-state index contributed by atoms with van der Waals surface area (Å²) in [5, 5.41) is 31.8. The second-order valence-corrected chi connectivity index (χ2v) is 25.0. The van der Waals surface area contributed by atoms with Crippen molar-refractivity contribution in [2.45, 2.75) is 88.6 Å². The van der Waals surface area contributed by atoms with E-state index in [0.29, 0.717) is 58.7 Å². The van der Waals surface area contributed by atoms with Crippen LogP contribution >= 0.6 is 31.9 Å². The average molecular weight is 1800 g/mol. The van der Waals surface area contributed by atoms with E-state index < -0.39 is 68.2 Å². The highest BCUT2D eigenvalue weighted by atomic mass is 79.9. The fraction of sp³-hybridized carbons (Fsp3) is 0.293. The van der Waals surface area contributed by atoms with Gasteiger partial charge in [-0.15, -0.1) is 0 Å². The number of alkyl halides is 12. The lowest BCUT2D eigenvalue weighted by Crippen LogP contribution is -2.45. The Balaban J connectivity index is 0.000000227. The quantitative estimate of drug-likeness (QED) is 0.0117. The van der Waals surface area contributed by atoms with Crippen LogP contribution in [-0.4, -0.2) is 148 Å². The Kier molecular flexibility index (Phi) is 38.1. The number of nitrogens with zero attached hydrogens (tertiary/aromatic N) is 1. The van der Waals surface area contributed by atoms with Crippen LogP contribution in [0.3, 0.4) is 0 Å². The lowest BCUT2D eigenvalue weighted by Gasteiger charge is -2.43. The van der Waals surface area contributed by atoms with Gasteiger partial charge in [0.05, 0.1) is 112 Å². The third kappa shape index (κ3) is 25.3. The Morgan fingerprint density at radius 1 is 0.356 bits per heavy atom. The average Bonchev–Trinajstić information content (AvgIpc) is 1.04. The van der Waals surface area contributed by atoms with Crippen LogP contribution < -0.4 is 57.4 Å². The topological polar surface area (TPSA) is 283 Å². The largest absolute Gasteiger partial charge is 0.504 e. The normalized spacial score (nSPS) is 11.7. The summed E-state index contributed by atoms with van der Waals surface area (Å²) < 4.78 is 193. The zero-order chi connectivity index (χ0) is 86.9. The van der Waals surface area contributed by atoms with Crippen molar-refractivity contribution in [2.24, 2.45) is 0 Å². The van der Waals surface area contributed by atoms with Crippen molar-refractivity contribution in [2.75, 3.05) is 71.1 Å². The Hall–Kier alpha value is -11.4. The number of carbonyl (C=O) groups excluding carboxylic acids is 4. The molecule has 118 heavy (non-hydrogen) atoms. The number of methoxy groups -OCH3 is 10. The van der Waals surface area contributed by atoms with Gasteiger partial charge < -0.3 is 91.7 Å². The lowest BCUT2D eigenvalue weighted by atomic mass is 9.75. The van der Waals surface area contributed by atoms with Gasteiger partial charge in [0.15, 0.2) is 69.0 Å². The van der Waals surface area contributed by atoms with Crippen LogP contribution in [0.15, 0.2) is 164 Å². The van der Waals surface area contributed by atoms with Gasteiger partial charge >= 0.3 is 56.9 Å². The van der Waals surface area contributed by atoms with Gasteiger partial charge in [-0.05, 0) is 134 Å². The third-order valence-corrected chi connectivity index (χ3v) is 18.5. The maximum atomic E-state index is 13.0. The van der Waals surface area contributed by atoms with Crippen molar-refractivity contribution in [3.8, 4) is 69.0 Å². The standard InChI is InChI=1S/C29H25F2NO2.C12H12F2O6.C11H12O6.C10H10Br2F2O2.C10H11F2NO2.C10H12F2O4/c1-33-26-17-21-19-32(20-22(21)18-27(26)34-28(30)31)29(23-11-5-2-6-12-23,24-13-7-3-8-14-24)25-15-9-4-10-16-25;1-17-8-4-6(10(15)18-2)7(11(16)19-3)5-9(8)20-12(13)14;1-15-9-5-7(11(14)17-3)6(4-8(9)12)10(13)16-2;1-15-8-2-6(4-11)7(5-12)3-9(8)16-10(13)14;1-14-8-2-6-4-13-5-7(6)3-9(8)15-10(11)12;1-15-8-2-6(4-13)7(5-14)3-9(8)16-10(11)12/h2-18,28H,19-20H2,1H3;4-5,12H,1-3H3;4-5,12H,1-3H3;2-3,10H,4-5H2,1H3;2-3,10,13H,4-5H2,1H3;2-3,10,13-14H,4-5H2,1H3. The highest BCUT2D eigenvalue weighted by Gasteiger charge is 2.45. The number of phenolic OH excluding ortho intramolecular Hbond substituents is 1. The summed E-state index contributed by atoms with van der Waals surface area (Å²) in [5.41, 5.74) is 8.85. The Morgan fingerprint density at radius 2 is 0.602 bits per heavy atom. The van der Waals surface area contributed by atoms with Crippen molar-refractivity contribution in [3.05, 3.63) is 247 Å². The van der Waals surface area contributed by atoms with Crippen LogP contribution in [0.2, 0.25) is 0 Å². The van der Waals surface area contributed by atoms with Gasteiger partial charge in [-0.2, -0.15) is 43.9 Å². The second-order valence-electron chi connectivity index (χ2n) is 23.9. The minimum absolute atomic E-state index is 0.0333. The number of hydrogen-bond acceptors (Lipinski definition) is 24. The number of aromatic hydroxyl groups is 1. The van der Waals surface area contributed by atoms with Gasteiger partial charge in [0.25, 0.3) is 0 Å². The summed E-state index contributed by atoms with van der Waals surface area (Å²) in [6.07, 6.45) is 0. The van der Waals surface area contributed by atoms with Crippen molar-refractivity contribution < 1.29 is 149 Å². The first-order valence-corrected chi connectivity index (χ1v) is 36.8. The van der Waals surface area contributed by atoms with Crippen LogP contribution in [0.5, 0.6) is 69.0 Å². The predicted molar refractivity (Wildman–Crippen MR) is 414 cm³/mol. The molecule has 0 radical (unpaired) electrons. The molecule has 0 unspecified atom stereocenters. The SMILES string of the molecule is COC(=O)c1cc(O)c(OC)cc1C(=O)OC.COC(=O)c1cc(OC)c(OC(F)F)cc1C(=O)OC.COc1cc(CBr)c(CBr)cc1OC(F)F.COc1cc(CO)c(CO)cc1OC(F)F.COc1cc2c(cc1OC(F)F)CN(C(c1ccccc1)(c1ccccc1)c1ccccc1)C2.COc1cc2c(cc1OC(F)F)CNC2. The molecule has 0 fully saturated rings. The number of aliphatic hydroxyl groups is 2. The summed E-state index contributed by atoms with van der Waals surface area (Å²) in [5.74, 6) is -2.85. The number of carbonyl (C=O) groups is 4. The minimum Gasteiger partial charge on any atom is -0.504 e. The number of ether oxygens (including phenoxy) is 15. The molecule has 9 aromatic carbocycles. The van der Waals surface area contributed by atoms with Gasteiger partial charge in [0.2, 0.25) is 0 Å². The Labute approximate surface area is 688 Å². The molecule has 0 aliphatic carbocycles. The van der Waals surface area contributed by atoms with Crippen LogP contribution in [-0.2, 0) is 74.5 Å². The maximum absolute atomic E-state index is 13.0.